The Morgan fingerprint density at radius 2 is 2.00 bits per heavy atom. The van der Waals surface area contributed by atoms with E-state index in [1.165, 1.54) is 0 Å². The lowest BCUT2D eigenvalue weighted by Gasteiger charge is -2.40. The first kappa shape index (κ1) is 12.1. The van der Waals surface area contributed by atoms with Gasteiger partial charge in [-0.15, -0.1) is 10.2 Å². The molecule has 0 fully saturated rings. The fourth-order valence-electron chi connectivity index (χ4n) is 2.58. The van der Waals surface area contributed by atoms with Crippen molar-refractivity contribution in [1.82, 2.24) is 19.7 Å². The summed E-state index contributed by atoms with van der Waals surface area (Å²) < 4.78 is 2.14. The number of fused-ring (bicyclic) bond motifs is 1. The van der Waals surface area contributed by atoms with E-state index < -0.39 is 0 Å². The largest absolute Gasteiger partial charge is 0.333 e. The highest BCUT2D eigenvalue weighted by molar-refractivity contribution is 5.78. The van der Waals surface area contributed by atoms with Crippen molar-refractivity contribution in [2.45, 2.75) is 46.7 Å². The second-order valence-electron chi connectivity index (χ2n) is 5.66. The van der Waals surface area contributed by atoms with E-state index in [0.717, 1.165) is 18.2 Å². The van der Waals surface area contributed by atoms with Gasteiger partial charge in [0, 0.05) is 12.5 Å². The smallest absolute Gasteiger partial charge is 0.225 e. The molecule has 1 aliphatic heterocycles. The van der Waals surface area contributed by atoms with Crippen LogP contribution in [-0.4, -0.2) is 32.1 Å². The first-order chi connectivity index (χ1) is 7.83. The molecule has 17 heavy (non-hydrogen) atoms. The molecule has 5 heteroatoms. The molecule has 0 bridgehead atoms. The van der Waals surface area contributed by atoms with Gasteiger partial charge in [-0.2, -0.15) is 0 Å². The van der Waals surface area contributed by atoms with Crippen LogP contribution in [0.5, 0.6) is 0 Å². The number of nitrogens with zero attached hydrogens (tertiary/aromatic N) is 4. The molecule has 0 aliphatic carbocycles. The first-order valence-corrected chi connectivity index (χ1v) is 6.03. The number of aryl methyl sites for hydroxylation is 1. The molecule has 0 saturated heterocycles. The third-order valence-corrected chi connectivity index (χ3v) is 3.21. The molecule has 1 aliphatic rings. The molecule has 1 amide bonds. The summed E-state index contributed by atoms with van der Waals surface area (Å²) in [6, 6.07) is 0. The molecule has 2 heterocycles. The Balaban J connectivity index is 2.35. The molecule has 0 saturated carbocycles. The van der Waals surface area contributed by atoms with Gasteiger partial charge in [-0.3, -0.25) is 4.79 Å². The quantitative estimate of drug-likeness (QED) is 0.739. The third kappa shape index (κ3) is 1.94. The lowest BCUT2D eigenvalue weighted by Crippen LogP contribution is -2.50. The number of aromatic nitrogens is 3. The van der Waals surface area contributed by atoms with E-state index in [1.807, 2.05) is 25.7 Å². The normalized spacial score (nSPS) is 18.4. The second-order valence-corrected chi connectivity index (χ2v) is 5.66. The summed E-state index contributed by atoms with van der Waals surface area (Å²) in [4.78, 5) is 14.0. The molecular weight excluding hydrogens is 216 g/mol. The number of rotatable bonds is 1. The van der Waals surface area contributed by atoms with Crippen molar-refractivity contribution in [2.75, 3.05) is 6.54 Å². The van der Waals surface area contributed by atoms with Crippen LogP contribution in [0.1, 0.15) is 39.3 Å². The van der Waals surface area contributed by atoms with Gasteiger partial charge in [-0.25, -0.2) is 0 Å². The number of hydrogen-bond acceptors (Lipinski definition) is 3. The summed E-state index contributed by atoms with van der Waals surface area (Å²) in [7, 11) is 0. The van der Waals surface area contributed by atoms with Crippen LogP contribution in [-0.2, 0) is 16.9 Å². The van der Waals surface area contributed by atoms with Crippen molar-refractivity contribution in [1.29, 1.82) is 0 Å². The second kappa shape index (κ2) is 3.82. The van der Waals surface area contributed by atoms with E-state index in [4.69, 9.17) is 0 Å². The number of carbonyl (C=O) groups is 1. The highest BCUT2D eigenvalue weighted by atomic mass is 16.2. The summed E-state index contributed by atoms with van der Waals surface area (Å²) in [5.74, 6) is 2.01. The van der Waals surface area contributed by atoms with Crippen LogP contribution < -0.4 is 0 Å². The fraction of sp³-hybridized carbons (Fsp3) is 0.750. The standard InChI is InChI=1S/C12H20N4O/c1-8(2)11(17)15-6-10-14-13-9(3)16(10)12(4,5)7-15/h8H,6-7H2,1-5H3. The predicted molar refractivity (Wildman–Crippen MR) is 64.3 cm³/mol. The molecule has 0 spiro atoms. The molecular formula is C12H20N4O. The summed E-state index contributed by atoms with van der Waals surface area (Å²) >= 11 is 0. The lowest BCUT2D eigenvalue weighted by atomic mass is 10.00. The van der Waals surface area contributed by atoms with Gasteiger partial charge < -0.3 is 9.47 Å². The minimum absolute atomic E-state index is 0.0290. The summed E-state index contributed by atoms with van der Waals surface area (Å²) in [6.07, 6.45) is 0. The van der Waals surface area contributed by atoms with Crippen LogP contribution in [0.15, 0.2) is 0 Å². The molecule has 94 valence electrons. The fourth-order valence-corrected chi connectivity index (χ4v) is 2.58. The lowest BCUT2D eigenvalue weighted by molar-refractivity contribution is -0.137. The SMILES string of the molecule is Cc1nnc2n1C(C)(C)CN(C(=O)C(C)C)C2. The zero-order chi connectivity index (χ0) is 12.8. The van der Waals surface area contributed by atoms with Crippen molar-refractivity contribution < 1.29 is 4.79 Å². The molecule has 5 nitrogen and oxygen atoms in total. The molecule has 1 aromatic rings. The molecule has 2 rings (SSSR count). The Labute approximate surface area is 102 Å². The zero-order valence-corrected chi connectivity index (χ0v) is 11.2. The van der Waals surface area contributed by atoms with Crippen LogP contribution >= 0.6 is 0 Å². The average molecular weight is 236 g/mol. The summed E-state index contributed by atoms with van der Waals surface area (Å²) in [5.41, 5.74) is -0.133. The van der Waals surface area contributed by atoms with Crippen LogP contribution in [0.2, 0.25) is 0 Å². The molecule has 1 aromatic heterocycles. The Bertz CT molecular complexity index is 447. The van der Waals surface area contributed by atoms with E-state index in [2.05, 4.69) is 28.6 Å². The van der Waals surface area contributed by atoms with Gasteiger partial charge in [0.1, 0.15) is 5.82 Å². The van der Waals surface area contributed by atoms with Gasteiger partial charge in [-0.05, 0) is 20.8 Å². The van der Waals surface area contributed by atoms with Crippen molar-refractivity contribution in [3.05, 3.63) is 11.6 Å². The first-order valence-electron chi connectivity index (χ1n) is 6.03. The van der Waals surface area contributed by atoms with Crippen LogP contribution in [0.3, 0.4) is 0 Å². The Morgan fingerprint density at radius 1 is 1.35 bits per heavy atom. The number of hydrogen-bond donors (Lipinski definition) is 0. The summed E-state index contributed by atoms with van der Waals surface area (Å²) in [6.45, 7) is 11.3. The van der Waals surface area contributed by atoms with Gasteiger partial charge in [0.25, 0.3) is 0 Å². The Kier molecular flexibility index (Phi) is 2.72. The van der Waals surface area contributed by atoms with Gasteiger partial charge in [-0.1, -0.05) is 13.8 Å². The van der Waals surface area contributed by atoms with Crippen LogP contribution in [0, 0.1) is 12.8 Å². The van der Waals surface area contributed by atoms with Gasteiger partial charge in [0.05, 0.1) is 12.1 Å². The van der Waals surface area contributed by atoms with Crippen molar-refractivity contribution in [3.8, 4) is 0 Å². The Hall–Kier alpha value is -1.39. The molecule has 0 aromatic carbocycles. The van der Waals surface area contributed by atoms with E-state index in [9.17, 15) is 4.79 Å². The van der Waals surface area contributed by atoms with E-state index >= 15 is 0 Å². The van der Waals surface area contributed by atoms with Crippen molar-refractivity contribution in [3.63, 3.8) is 0 Å². The molecule has 0 atom stereocenters. The van der Waals surface area contributed by atoms with Crippen molar-refractivity contribution in [2.24, 2.45) is 5.92 Å². The monoisotopic (exact) mass is 236 g/mol. The highest BCUT2D eigenvalue weighted by Gasteiger charge is 2.36. The van der Waals surface area contributed by atoms with E-state index in [0.29, 0.717) is 6.54 Å². The van der Waals surface area contributed by atoms with Crippen molar-refractivity contribution >= 4 is 5.91 Å². The van der Waals surface area contributed by atoms with Crippen LogP contribution in [0.25, 0.3) is 0 Å². The molecule has 0 N–H and O–H groups in total. The van der Waals surface area contributed by atoms with Gasteiger partial charge >= 0.3 is 0 Å². The average Bonchev–Trinajstić information content (AvgIpc) is 2.58. The third-order valence-electron chi connectivity index (χ3n) is 3.21. The Morgan fingerprint density at radius 3 is 2.59 bits per heavy atom. The number of carbonyl (C=O) groups excluding carboxylic acids is 1. The van der Waals surface area contributed by atoms with Crippen LogP contribution in [0.4, 0.5) is 0 Å². The highest BCUT2D eigenvalue weighted by Crippen LogP contribution is 2.27. The van der Waals surface area contributed by atoms with E-state index in [-0.39, 0.29) is 17.4 Å². The molecule has 0 unspecified atom stereocenters. The molecule has 0 radical (unpaired) electrons. The maximum absolute atomic E-state index is 12.1. The van der Waals surface area contributed by atoms with Gasteiger partial charge in [0.2, 0.25) is 5.91 Å². The maximum atomic E-state index is 12.1. The minimum atomic E-state index is -0.133. The zero-order valence-electron chi connectivity index (χ0n) is 11.2. The predicted octanol–water partition coefficient (Wildman–Crippen LogP) is 1.32. The summed E-state index contributed by atoms with van der Waals surface area (Å²) in [5, 5.41) is 8.27. The maximum Gasteiger partial charge on any atom is 0.225 e. The topological polar surface area (TPSA) is 51.0 Å². The minimum Gasteiger partial charge on any atom is -0.333 e. The van der Waals surface area contributed by atoms with Gasteiger partial charge in [0.15, 0.2) is 5.82 Å². The van der Waals surface area contributed by atoms with E-state index in [1.54, 1.807) is 0 Å². The number of amides is 1.